The second-order valence-electron chi connectivity index (χ2n) is 4.50. The molecule has 0 spiro atoms. The Morgan fingerprint density at radius 2 is 2.00 bits per heavy atom. The minimum atomic E-state index is 0.723. The maximum Gasteiger partial charge on any atom is 0.137 e. The van der Waals surface area contributed by atoms with Gasteiger partial charge in [-0.1, -0.05) is 6.07 Å². The third kappa shape index (κ3) is 2.99. The number of nitrogens with one attached hydrogen (secondary N) is 1. The Labute approximate surface area is 113 Å². The highest BCUT2D eigenvalue weighted by Crippen LogP contribution is 2.23. The standard InChI is InChI=1S/C14H19N5/c1-10-13(15-3)17-11(2)18-14(10)19(4)9-12-7-5-6-8-16-12/h5-8H,9H2,1-4H3,(H,15,17,18). The predicted molar refractivity (Wildman–Crippen MR) is 77.4 cm³/mol. The zero-order chi connectivity index (χ0) is 13.8. The van der Waals surface area contributed by atoms with Gasteiger partial charge in [-0.3, -0.25) is 4.98 Å². The first-order chi connectivity index (χ1) is 9.11. The van der Waals surface area contributed by atoms with Crippen LogP contribution in [-0.4, -0.2) is 29.0 Å². The van der Waals surface area contributed by atoms with Crippen molar-refractivity contribution in [2.24, 2.45) is 0 Å². The average Bonchev–Trinajstić information content (AvgIpc) is 2.42. The molecule has 2 aromatic rings. The van der Waals surface area contributed by atoms with Crippen molar-refractivity contribution in [1.82, 2.24) is 15.0 Å². The van der Waals surface area contributed by atoms with Gasteiger partial charge in [-0.15, -0.1) is 0 Å². The Morgan fingerprint density at radius 3 is 2.63 bits per heavy atom. The molecule has 0 aromatic carbocycles. The zero-order valence-electron chi connectivity index (χ0n) is 11.8. The van der Waals surface area contributed by atoms with E-state index in [2.05, 4.69) is 25.2 Å². The van der Waals surface area contributed by atoms with Crippen LogP contribution >= 0.6 is 0 Å². The van der Waals surface area contributed by atoms with Crippen LogP contribution in [0.15, 0.2) is 24.4 Å². The third-order valence-electron chi connectivity index (χ3n) is 2.96. The van der Waals surface area contributed by atoms with Crippen LogP contribution < -0.4 is 10.2 Å². The Balaban J connectivity index is 2.28. The smallest absolute Gasteiger partial charge is 0.137 e. The topological polar surface area (TPSA) is 53.9 Å². The number of rotatable bonds is 4. The van der Waals surface area contributed by atoms with Crippen LogP contribution in [-0.2, 0) is 6.54 Å². The van der Waals surface area contributed by atoms with Crippen molar-refractivity contribution in [2.75, 3.05) is 24.3 Å². The molecule has 0 unspecified atom stereocenters. The molecule has 0 bridgehead atoms. The summed E-state index contributed by atoms with van der Waals surface area (Å²) in [6.45, 7) is 4.65. The van der Waals surface area contributed by atoms with Crippen molar-refractivity contribution >= 4 is 11.6 Å². The van der Waals surface area contributed by atoms with Crippen molar-refractivity contribution in [2.45, 2.75) is 20.4 Å². The van der Waals surface area contributed by atoms with Gasteiger partial charge >= 0.3 is 0 Å². The molecule has 2 aromatic heterocycles. The minimum absolute atomic E-state index is 0.723. The fourth-order valence-corrected chi connectivity index (χ4v) is 2.04. The highest BCUT2D eigenvalue weighted by atomic mass is 15.2. The largest absolute Gasteiger partial charge is 0.373 e. The van der Waals surface area contributed by atoms with Gasteiger partial charge in [0, 0.05) is 25.9 Å². The molecule has 0 aliphatic heterocycles. The van der Waals surface area contributed by atoms with E-state index in [1.54, 1.807) is 6.20 Å². The molecule has 0 fully saturated rings. The number of hydrogen-bond donors (Lipinski definition) is 1. The van der Waals surface area contributed by atoms with Crippen LogP contribution in [0.2, 0.25) is 0 Å². The Kier molecular flexibility index (Phi) is 3.94. The van der Waals surface area contributed by atoms with Gasteiger partial charge in [0.05, 0.1) is 12.2 Å². The summed E-state index contributed by atoms with van der Waals surface area (Å²) in [5.41, 5.74) is 2.07. The lowest BCUT2D eigenvalue weighted by atomic mass is 10.2. The van der Waals surface area contributed by atoms with E-state index in [0.717, 1.165) is 35.3 Å². The monoisotopic (exact) mass is 257 g/mol. The van der Waals surface area contributed by atoms with Gasteiger partial charge in [-0.25, -0.2) is 9.97 Å². The molecule has 0 atom stereocenters. The van der Waals surface area contributed by atoms with E-state index in [0.29, 0.717) is 0 Å². The van der Waals surface area contributed by atoms with Crippen molar-refractivity contribution in [3.8, 4) is 0 Å². The Hall–Kier alpha value is -2.17. The second-order valence-corrected chi connectivity index (χ2v) is 4.50. The van der Waals surface area contributed by atoms with Gasteiger partial charge in [0.15, 0.2) is 0 Å². The number of nitrogens with zero attached hydrogens (tertiary/aromatic N) is 4. The third-order valence-corrected chi connectivity index (χ3v) is 2.96. The summed E-state index contributed by atoms with van der Waals surface area (Å²) in [6.07, 6.45) is 1.81. The molecule has 0 saturated carbocycles. The molecular formula is C14H19N5. The van der Waals surface area contributed by atoms with E-state index in [1.807, 2.05) is 46.1 Å². The lowest BCUT2D eigenvalue weighted by molar-refractivity contribution is 0.846. The maximum absolute atomic E-state index is 4.52. The highest BCUT2D eigenvalue weighted by Gasteiger charge is 2.12. The molecule has 19 heavy (non-hydrogen) atoms. The fourth-order valence-electron chi connectivity index (χ4n) is 2.04. The van der Waals surface area contributed by atoms with E-state index in [4.69, 9.17) is 0 Å². The van der Waals surface area contributed by atoms with E-state index in [9.17, 15) is 0 Å². The molecule has 0 aliphatic carbocycles. The normalized spacial score (nSPS) is 10.3. The van der Waals surface area contributed by atoms with E-state index < -0.39 is 0 Å². The molecule has 2 rings (SSSR count). The van der Waals surface area contributed by atoms with Crippen molar-refractivity contribution < 1.29 is 0 Å². The van der Waals surface area contributed by atoms with Gasteiger partial charge in [-0.2, -0.15) is 0 Å². The predicted octanol–water partition coefficient (Wildman–Crippen LogP) is 2.17. The summed E-state index contributed by atoms with van der Waals surface area (Å²) in [5, 5.41) is 3.10. The molecule has 100 valence electrons. The lowest BCUT2D eigenvalue weighted by Crippen LogP contribution is -2.21. The number of anilines is 2. The van der Waals surface area contributed by atoms with Crippen LogP contribution in [0.1, 0.15) is 17.1 Å². The number of aryl methyl sites for hydroxylation is 1. The van der Waals surface area contributed by atoms with Gasteiger partial charge in [0.1, 0.15) is 17.5 Å². The highest BCUT2D eigenvalue weighted by molar-refractivity contribution is 5.58. The summed E-state index contributed by atoms with van der Waals surface area (Å²) in [4.78, 5) is 15.3. The second kappa shape index (κ2) is 5.65. The van der Waals surface area contributed by atoms with Crippen molar-refractivity contribution in [1.29, 1.82) is 0 Å². The fraction of sp³-hybridized carbons (Fsp3) is 0.357. The summed E-state index contributed by atoms with van der Waals surface area (Å²) in [7, 11) is 3.89. The minimum Gasteiger partial charge on any atom is -0.373 e. The average molecular weight is 257 g/mol. The molecule has 0 saturated heterocycles. The van der Waals surface area contributed by atoms with Crippen molar-refractivity contribution in [3.05, 3.63) is 41.5 Å². The van der Waals surface area contributed by atoms with Crippen molar-refractivity contribution in [3.63, 3.8) is 0 Å². The van der Waals surface area contributed by atoms with Gasteiger partial charge in [0.2, 0.25) is 0 Å². The van der Waals surface area contributed by atoms with Crippen LogP contribution in [0.5, 0.6) is 0 Å². The number of aromatic nitrogens is 3. The van der Waals surface area contributed by atoms with Crippen LogP contribution in [0.4, 0.5) is 11.6 Å². The summed E-state index contributed by atoms with van der Waals surface area (Å²) in [5.74, 6) is 2.57. The Bertz CT molecular complexity index is 553. The first-order valence-electron chi connectivity index (χ1n) is 6.26. The first kappa shape index (κ1) is 13.3. The maximum atomic E-state index is 4.52. The number of hydrogen-bond acceptors (Lipinski definition) is 5. The quantitative estimate of drug-likeness (QED) is 0.909. The summed E-state index contributed by atoms with van der Waals surface area (Å²) >= 11 is 0. The van der Waals surface area contributed by atoms with Gasteiger partial charge in [0.25, 0.3) is 0 Å². The van der Waals surface area contributed by atoms with E-state index >= 15 is 0 Å². The molecule has 1 N–H and O–H groups in total. The van der Waals surface area contributed by atoms with Gasteiger partial charge in [-0.05, 0) is 26.0 Å². The van der Waals surface area contributed by atoms with Gasteiger partial charge < -0.3 is 10.2 Å². The molecule has 5 heteroatoms. The molecule has 0 amide bonds. The molecule has 0 aliphatic rings. The molecule has 0 radical (unpaired) electrons. The van der Waals surface area contributed by atoms with E-state index in [-0.39, 0.29) is 0 Å². The SMILES string of the molecule is CNc1nc(C)nc(N(C)Cc2ccccn2)c1C. The van der Waals surface area contributed by atoms with E-state index in [1.165, 1.54) is 0 Å². The molecule has 2 heterocycles. The zero-order valence-corrected chi connectivity index (χ0v) is 11.8. The Morgan fingerprint density at radius 1 is 1.21 bits per heavy atom. The molecular weight excluding hydrogens is 238 g/mol. The lowest BCUT2D eigenvalue weighted by Gasteiger charge is -2.21. The molecule has 5 nitrogen and oxygen atoms in total. The van der Waals surface area contributed by atoms with Crippen LogP contribution in [0, 0.1) is 13.8 Å². The number of pyridine rings is 1. The summed E-state index contributed by atoms with van der Waals surface area (Å²) in [6, 6.07) is 5.93. The first-order valence-corrected chi connectivity index (χ1v) is 6.26. The van der Waals surface area contributed by atoms with Crippen LogP contribution in [0.25, 0.3) is 0 Å². The van der Waals surface area contributed by atoms with Crippen LogP contribution in [0.3, 0.4) is 0 Å². The summed E-state index contributed by atoms with van der Waals surface area (Å²) < 4.78 is 0.